The third-order valence-electron chi connectivity index (χ3n) is 6.12. The molecule has 1 saturated heterocycles. The smallest absolute Gasteiger partial charge is 0.245 e. The lowest BCUT2D eigenvalue weighted by atomic mass is 10.00. The van der Waals surface area contributed by atoms with Crippen LogP contribution in [-0.2, 0) is 11.2 Å². The van der Waals surface area contributed by atoms with Crippen LogP contribution in [0.25, 0.3) is 0 Å². The molecule has 0 bridgehead atoms. The van der Waals surface area contributed by atoms with Crippen molar-refractivity contribution in [2.75, 3.05) is 41.9 Å². The van der Waals surface area contributed by atoms with Crippen LogP contribution in [0.4, 0.5) is 27.5 Å². The number of aromatic hydroxyl groups is 1. The van der Waals surface area contributed by atoms with Crippen LogP contribution in [0.2, 0.25) is 0 Å². The molecule has 1 fully saturated rings. The Balaban J connectivity index is 1.17. The Hall–Kier alpha value is -4.57. The summed E-state index contributed by atoms with van der Waals surface area (Å²) in [5.74, 6) is 0.229. The number of aryl methyl sites for hydroxylation is 1. The molecule has 2 aromatic heterocycles. The zero-order chi connectivity index (χ0) is 26.3. The van der Waals surface area contributed by atoms with E-state index in [2.05, 4.69) is 49.9 Å². The Morgan fingerprint density at radius 1 is 1.05 bits per heavy atom. The van der Waals surface area contributed by atoms with Gasteiger partial charge in [-0.05, 0) is 66.4 Å². The van der Waals surface area contributed by atoms with Crippen LogP contribution in [0.1, 0.15) is 22.4 Å². The van der Waals surface area contributed by atoms with E-state index >= 15 is 0 Å². The van der Waals surface area contributed by atoms with E-state index in [-0.39, 0.29) is 17.5 Å². The summed E-state index contributed by atoms with van der Waals surface area (Å²) in [4.78, 5) is 14.4. The SMILES string of the molecule is Cc1cc(Nc2ccc(/C=N\Nc3ncc(F)c(N4CCOCC4)n3)nc2)ccc1Cc1cccc(O)c1. The van der Waals surface area contributed by atoms with Gasteiger partial charge < -0.3 is 20.1 Å². The van der Waals surface area contributed by atoms with Gasteiger partial charge in [0.05, 0.1) is 43.2 Å². The number of pyridine rings is 1. The molecule has 3 heterocycles. The number of ether oxygens (including phenoxy) is 1. The number of rotatable bonds is 8. The molecule has 38 heavy (non-hydrogen) atoms. The lowest BCUT2D eigenvalue weighted by Gasteiger charge is -2.27. The van der Waals surface area contributed by atoms with Gasteiger partial charge in [0.25, 0.3) is 0 Å². The predicted octanol–water partition coefficient (Wildman–Crippen LogP) is 4.64. The highest BCUT2D eigenvalue weighted by Gasteiger charge is 2.17. The average molecular weight is 514 g/mol. The highest BCUT2D eigenvalue weighted by Crippen LogP contribution is 2.23. The Morgan fingerprint density at radius 3 is 2.66 bits per heavy atom. The van der Waals surface area contributed by atoms with Crippen LogP contribution in [0.5, 0.6) is 5.75 Å². The molecular weight excluding hydrogens is 485 g/mol. The largest absolute Gasteiger partial charge is 0.508 e. The Morgan fingerprint density at radius 2 is 1.89 bits per heavy atom. The minimum Gasteiger partial charge on any atom is -0.508 e. The van der Waals surface area contributed by atoms with E-state index in [1.54, 1.807) is 24.5 Å². The van der Waals surface area contributed by atoms with Crippen LogP contribution in [0.3, 0.4) is 0 Å². The van der Waals surface area contributed by atoms with Gasteiger partial charge in [0.1, 0.15) is 5.75 Å². The van der Waals surface area contributed by atoms with Gasteiger partial charge in [-0.15, -0.1) is 0 Å². The normalized spacial score (nSPS) is 13.6. The molecule has 10 heteroatoms. The van der Waals surface area contributed by atoms with Gasteiger partial charge in [-0.25, -0.2) is 14.8 Å². The van der Waals surface area contributed by atoms with E-state index in [0.29, 0.717) is 32.0 Å². The van der Waals surface area contributed by atoms with E-state index < -0.39 is 5.82 Å². The number of hydrogen-bond acceptors (Lipinski definition) is 9. The molecule has 0 saturated carbocycles. The van der Waals surface area contributed by atoms with Gasteiger partial charge in [-0.3, -0.25) is 4.98 Å². The zero-order valence-corrected chi connectivity index (χ0v) is 20.9. The number of nitrogens with zero attached hydrogens (tertiary/aromatic N) is 5. The molecule has 194 valence electrons. The number of benzene rings is 2. The van der Waals surface area contributed by atoms with Crippen LogP contribution in [0.15, 0.2) is 72.1 Å². The van der Waals surface area contributed by atoms with Crippen molar-refractivity contribution in [1.82, 2.24) is 15.0 Å². The molecule has 9 nitrogen and oxygen atoms in total. The number of hydrazone groups is 1. The number of morpholine rings is 1. The molecule has 2 aromatic carbocycles. The molecule has 1 aliphatic rings. The van der Waals surface area contributed by atoms with E-state index in [1.807, 2.05) is 35.2 Å². The molecule has 0 atom stereocenters. The van der Waals surface area contributed by atoms with Gasteiger partial charge in [-0.2, -0.15) is 10.1 Å². The van der Waals surface area contributed by atoms with Crippen molar-refractivity contribution in [2.45, 2.75) is 13.3 Å². The average Bonchev–Trinajstić information content (AvgIpc) is 2.93. The lowest BCUT2D eigenvalue weighted by Crippen LogP contribution is -2.37. The molecule has 0 unspecified atom stereocenters. The van der Waals surface area contributed by atoms with E-state index in [4.69, 9.17) is 4.74 Å². The topological polar surface area (TPSA) is 108 Å². The monoisotopic (exact) mass is 513 g/mol. The maximum atomic E-state index is 14.2. The molecule has 0 spiro atoms. The van der Waals surface area contributed by atoms with Gasteiger partial charge in [0.2, 0.25) is 5.95 Å². The lowest BCUT2D eigenvalue weighted by molar-refractivity contribution is 0.122. The van der Waals surface area contributed by atoms with Crippen LogP contribution in [-0.4, -0.2) is 52.6 Å². The maximum Gasteiger partial charge on any atom is 0.245 e. The second-order valence-electron chi connectivity index (χ2n) is 8.92. The van der Waals surface area contributed by atoms with Crippen LogP contribution >= 0.6 is 0 Å². The first-order chi connectivity index (χ1) is 18.5. The number of hydrogen-bond donors (Lipinski definition) is 3. The van der Waals surface area contributed by atoms with Crippen molar-refractivity contribution in [2.24, 2.45) is 5.10 Å². The second kappa shape index (κ2) is 11.7. The molecule has 0 amide bonds. The molecule has 5 rings (SSSR count). The summed E-state index contributed by atoms with van der Waals surface area (Å²) in [5.41, 5.74) is 8.58. The van der Waals surface area contributed by atoms with Gasteiger partial charge in [0, 0.05) is 18.8 Å². The summed E-state index contributed by atoms with van der Waals surface area (Å²) >= 11 is 0. The maximum absolute atomic E-state index is 14.2. The van der Waals surface area contributed by atoms with Crippen LogP contribution < -0.4 is 15.6 Å². The Labute approximate surface area is 220 Å². The van der Waals surface area contributed by atoms with Crippen molar-refractivity contribution in [3.8, 4) is 5.75 Å². The summed E-state index contributed by atoms with van der Waals surface area (Å²) in [6.07, 6.45) is 5.16. The van der Waals surface area contributed by atoms with Crippen molar-refractivity contribution >= 4 is 29.4 Å². The molecule has 3 N–H and O–H groups in total. The highest BCUT2D eigenvalue weighted by atomic mass is 19.1. The first-order valence-electron chi connectivity index (χ1n) is 12.3. The number of phenols is 1. The quantitative estimate of drug-likeness (QED) is 0.231. The Bertz CT molecular complexity index is 1420. The first kappa shape index (κ1) is 25.1. The summed E-state index contributed by atoms with van der Waals surface area (Å²) in [6.45, 7) is 4.29. The van der Waals surface area contributed by atoms with Gasteiger partial charge in [-0.1, -0.05) is 18.2 Å². The number of nitrogens with one attached hydrogen (secondary N) is 2. The van der Waals surface area contributed by atoms with E-state index in [0.717, 1.165) is 35.1 Å². The summed E-state index contributed by atoms with van der Waals surface area (Å²) in [6, 6.07) is 17.3. The van der Waals surface area contributed by atoms with Crippen molar-refractivity contribution in [3.05, 3.63) is 95.2 Å². The molecule has 0 aliphatic carbocycles. The number of phenolic OH excluding ortho intramolecular Hbond substituents is 1. The Kier molecular flexibility index (Phi) is 7.70. The molecular formula is C28H28FN7O2. The first-order valence-corrected chi connectivity index (χ1v) is 12.3. The minimum absolute atomic E-state index is 0.199. The van der Waals surface area contributed by atoms with E-state index in [1.165, 1.54) is 5.56 Å². The van der Waals surface area contributed by atoms with Crippen molar-refractivity contribution < 1.29 is 14.2 Å². The summed E-state index contributed by atoms with van der Waals surface area (Å²) < 4.78 is 19.5. The molecule has 4 aromatic rings. The summed E-state index contributed by atoms with van der Waals surface area (Å²) in [5, 5.41) is 17.2. The fourth-order valence-electron chi connectivity index (χ4n) is 4.15. The molecule has 0 radical (unpaired) electrons. The van der Waals surface area contributed by atoms with Crippen LogP contribution in [0, 0.1) is 12.7 Å². The fraction of sp³-hybridized carbons (Fsp3) is 0.214. The number of anilines is 4. The number of aromatic nitrogens is 3. The minimum atomic E-state index is -0.479. The predicted molar refractivity (Wildman–Crippen MR) is 146 cm³/mol. The zero-order valence-electron chi connectivity index (χ0n) is 20.9. The molecule has 1 aliphatic heterocycles. The highest BCUT2D eigenvalue weighted by molar-refractivity contribution is 5.78. The van der Waals surface area contributed by atoms with Gasteiger partial charge in [0.15, 0.2) is 11.6 Å². The fourth-order valence-corrected chi connectivity index (χ4v) is 4.15. The third-order valence-corrected chi connectivity index (χ3v) is 6.12. The number of halogens is 1. The second-order valence-corrected chi connectivity index (χ2v) is 8.92. The van der Waals surface area contributed by atoms with Crippen molar-refractivity contribution in [3.63, 3.8) is 0 Å². The van der Waals surface area contributed by atoms with Gasteiger partial charge >= 0.3 is 0 Å². The third kappa shape index (κ3) is 6.40. The van der Waals surface area contributed by atoms with E-state index in [9.17, 15) is 9.50 Å². The standard InChI is InChI=1S/C28H28FN7O2/c1-19-13-22(6-5-21(19)14-20-3-2-4-25(37)15-20)33-24-8-7-23(30-16-24)17-32-35-28-31-18-26(29)27(34-28)36-9-11-38-12-10-36/h2-8,13,15-18,33,37H,9-12,14H2,1H3,(H,31,34,35)/b32-17-. The summed E-state index contributed by atoms with van der Waals surface area (Å²) in [7, 11) is 0. The van der Waals surface area contributed by atoms with Crippen molar-refractivity contribution in [1.29, 1.82) is 0 Å².